The highest BCUT2D eigenvalue weighted by Crippen LogP contribution is 2.39. The van der Waals surface area contributed by atoms with E-state index >= 15 is 0 Å². The summed E-state index contributed by atoms with van der Waals surface area (Å²) in [5, 5.41) is 0.538. The fourth-order valence-corrected chi connectivity index (χ4v) is 4.20. The van der Waals surface area contributed by atoms with Gasteiger partial charge >= 0.3 is 6.61 Å². The number of carbonyl (C=O) groups excluding carboxylic acids is 1. The molecule has 3 heterocycles. The Morgan fingerprint density at radius 3 is 2.79 bits per heavy atom. The van der Waals surface area contributed by atoms with E-state index in [-0.39, 0.29) is 11.7 Å². The molecule has 0 saturated carbocycles. The van der Waals surface area contributed by atoms with Gasteiger partial charge in [0.25, 0.3) is 5.91 Å². The number of amides is 1. The lowest BCUT2D eigenvalue weighted by molar-refractivity contribution is -0.0495. The summed E-state index contributed by atoms with van der Waals surface area (Å²) in [6, 6.07) is 6.65. The van der Waals surface area contributed by atoms with Crippen LogP contribution < -0.4 is 9.64 Å². The first-order valence-corrected chi connectivity index (χ1v) is 9.49. The first-order chi connectivity index (χ1) is 13.5. The fraction of sp³-hybridized carbons (Fsp3) is 0.263. The Hall–Kier alpha value is -2.94. The van der Waals surface area contributed by atoms with Crippen molar-refractivity contribution in [3.63, 3.8) is 0 Å². The number of alkyl halides is 2. The summed E-state index contributed by atoms with van der Waals surface area (Å²) in [4.78, 5) is 28.0. The van der Waals surface area contributed by atoms with E-state index < -0.39 is 6.61 Å². The van der Waals surface area contributed by atoms with Crippen LogP contribution in [0.5, 0.6) is 5.75 Å². The molecule has 9 heteroatoms. The lowest BCUT2D eigenvalue weighted by atomic mass is 10.0. The Bertz CT molecular complexity index is 1010. The van der Waals surface area contributed by atoms with Gasteiger partial charge in [-0.2, -0.15) is 8.78 Å². The fourth-order valence-electron chi connectivity index (χ4n) is 3.23. The number of aryl methyl sites for hydroxylation is 2. The molecule has 6 nitrogen and oxygen atoms in total. The van der Waals surface area contributed by atoms with Gasteiger partial charge < -0.3 is 9.64 Å². The molecule has 2 aromatic heterocycles. The van der Waals surface area contributed by atoms with Gasteiger partial charge in [-0.15, -0.1) is 11.3 Å². The van der Waals surface area contributed by atoms with Crippen molar-refractivity contribution in [3.05, 3.63) is 52.8 Å². The third-order valence-corrected chi connectivity index (χ3v) is 5.53. The number of halogens is 2. The zero-order chi connectivity index (χ0) is 19.7. The molecule has 3 aromatic rings. The molecule has 4 rings (SSSR count). The van der Waals surface area contributed by atoms with Gasteiger partial charge in [0, 0.05) is 18.9 Å². The molecule has 0 fully saturated rings. The summed E-state index contributed by atoms with van der Waals surface area (Å²) in [6.45, 7) is -0.802. The summed E-state index contributed by atoms with van der Waals surface area (Å²) < 4.78 is 30.4. The minimum atomic E-state index is -2.96. The number of para-hydroxylation sites is 1. The first kappa shape index (κ1) is 18.4. The Morgan fingerprint density at radius 2 is 2.04 bits per heavy atom. The van der Waals surface area contributed by atoms with Crippen molar-refractivity contribution in [1.82, 2.24) is 15.0 Å². The molecule has 1 aliphatic rings. The highest BCUT2D eigenvalue weighted by Gasteiger charge is 2.30. The number of hydrogen-bond donors (Lipinski definition) is 0. The molecule has 1 aromatic carbocycles. The molecule has 28 heavy (non-hydrogen) atoms. The van der Waals surface area contributed by atoms with Crippen LogP contribution in [-0.4, -0.2) is 34.0 Å². The van der Waals surface area contributed by atoms with Crippen molar-refractivity contribution >= 4 is 22.9 Å². The van der Waals surface area contributed by atoms with Crippen molar-refractivity contribution < 1.29 is 18.3 Å². The zero-order valence-corrected chi connectivity index (χ0v) is 15.7. The second-order valence-corrected chi connectivity index (χ2v) is 7.21. The van der Waals surface area contributed by atoms with Crippen LogP contribution in [0.3, 0.4) is 0 Å². The van der Waals surface area contributed by atoms with Gasteiger partial charge in [0.05, 0.1) is 11.4 Å². The third kappa shape index (κ3) is 3.45. The van der Waals surface area contributed by atoms with Gasteiger partial charge in [-0.25, -0.2) is 15.0 Å². The smallest absolute Gasteiger partial charge is 0.387 e. The molecule has 1 aliphatic heterocycles. The van der Waals surface area contributed by atoms with E-state index in [1.807, 2.05) is 6.07 Å². The van der Waals surface area contributed by atoms with E-state index in [1.54, 1.807) is 31.5 Å². The minimum Gasteiger partial charge on any atom is -0.433 e. The normalized spacial score (nSPS) is 13.5. The Labute approximate surface area is 163 Å². The standard InChI is InChI=1S/C19H16F2N4O2S/c1-11-15(28-17(24-11)16-22-8-4-9-23-16)18(26)25-10-3-6-12-5-2-7-13(14(12)25)27-19(20)21/h2,4-5,7-9,19H,3,6,10H2,1H3. The predicted molar refractivity (Wildman–Crippen MR) is 101 cm³/mol. The van der Waals surface area contributed by atoms with Crippen LogP contribution in [0.1, 0.15) is 27.3 Å². The summed E-state index contributed by atoms with van der Waals surface area (Å²) in [5.74, 6) is 0.160. The molecule has 144 valence electrons. The Kier molecular flexibility index (Phi) is 4.99. The summed E-state index contributed by atoms with van der Waals surface area (Å²) >= 11 is 1.19. The Balaban J connectivity index is 1.72. The van der Waals surface area contributed by atoms with E-state index in [9.17, 15) is 13.6 Å². The number of anilines is 1. The topological polar surface area (TPSA) is 68.2 Å². The number of thiazole rings is 1. The molecule has 0 unspecified atom stereocenters. The number of carbonyl (C=O) groups is 1. The van der Waals surface area contributed by atoms with Gasteiger partial charge in [0.15, 0.2) is 10.8 Å². The highest BCUT2D eigenvalue weighted by molar-refractivity contribution is 7.17. The zero-order valence-electron chi connectivity index (χ0n) is 14.9. The third-order valence-electron chi connectivity index (χ3n) is 4.39. The van der Waals surface area contributed by atoms with Gasteiger partial charge in [0.2, 0.25) is 0 Å². The van der Waals surface area contributed by atoms with Crippen molar-refractivity contribution in [2.24, 2.45) is 0 Å². The monoisotopic (exact) mass is 402 g/mol. The molecule has 1 amide bonds. The van der Waals surface area contributed by atoms with Crippen LogP contribution in [0.4, 0.5) is 14.5 Å². The number of fused-ring (bicyclic) bond motifs is 1. The van der Waals surface area contributed by atoms with Gasteiger partial charge in [-0.05, 0) is 37.5 Å². The van der Waals surface area contributed by atoms with Crippen LogP contribution in [0.2, 0.25) is 0 Å². The average molecular weight is 402 g/mol. The lowest BCUT2D eigenvalue weighted by Gasteiger charge is -2.30. The second-order valence-electron chi connectivity index (χ2n) is 6.21. The molecule has 0 bridgehead atoms. The molecule has 0 N–H and O–H groups in total. The number of benzene rings is 1. The van der Waals surface area contributed by atoms with Crippen molar-refractivity contribution in [2.45, 2.75) is 26.4 Å². The van der Waals surface area contributed by atoms with Crippen LogP contribution in [-0.2, 0) is 6.42 Å². The first-order valence-electron chi connectivity index (χ1n) is 8.68. The van der Waals surface area contributed by atoms with E-state index in [0.717, 1.165) is 12.0 Å². The van der Waals surface area contributed by atoms with Gasteiger partial charge in [-0.3, -0.25) is 4.79 Å². The predicted octanol–water partition coefficient (Wildman–Crippen LogP) is 4.10. The minimum absolute atomic E-state index is 0.00864. The second kappa shape index (κ2) is 7.59. The van der Waals surface area contributed by atoms with Crippen molar-refractivity contribution in [3.8, 4) is 16.6 Å². The SMILES string of the molecule is Cc1nc(-c2ncccn2)sc1C(=O)N1CCCc2cccc(OC(F)F)c21. The number of rotatable bonds is 4. The lowest BCUT2D eigenvalue weighted by Crippen LogP contribution is -2.36. The largest absolute Gasteiger partial charge is 0.433 e. The maximum Gasteiger partial charge on any atom is 0.387 e. The van der Waals surface area contributed by atoms with Gasteiger partial charge in [0.1, 0.15) is 10.6 Å². The quantitative estimate of drug-likeness (QED) is 0.657. The Morgan fingerprint density at radius 1 is 1.25 bits per heavy atom. The summed E-state index contributed by atoms with van der Waals surface area (Å²) in [7, 11) is 0. The van der Waals surface area contributed by atoms with E-state index in [2.05, 4.69) is 19.7 Å². The average Bonchev–Trinajstić information content (AvgIpc) is 3.09. The van der Waals surface area contributed by atoms with E-state index in [1.165, 1.54) is 22.3 Å². The molecule has 0 radical (unpaired) electrons. The highest BCUT2D eigenvalue weighted by atomic mass is 32.1. The summed E-state index contributed by atoms with van der Waals surface area (Å²) in [5.41, 5.74) is 1.77. The number of aromatic nitrogens is 3. The van der Waals surface area contributed by atoms with E-state index in [0.29, 0.717) is 40.1 Å². The van der Waals surface area contributed by atoms with E-state index in [4.69, 9.17) is 0 Å². The maximum absolute atomic E-state index is 13.3. The van der Waals surface area contributed by atoms with Gasteiger partial charge in [-0.1, -0.05) is 12.1 Å². The van der Waals surface area contributed by atoms with Crippen LogP contribution in [0.15, 0.2) is 36.7 Å². The molecule has 0 aliphatic carbocycles. The van der Waals surface area contributed by atoms with Crippen molar-refractivity contribution in [2.75, 3.05) is 11.4 Å². The number of hydrogen-bond acceptors (Lipinski definition) is 6. The molecular weight excluding hydrogens is 386 g/mol. The number of ether oxygens (including phenoxy) is 1. The molecule has 0 spiro atoms. The van der Waals surface area contributed by atoms with Crippen LogP contribution >= 0.6 is 11.3 Å². The van der Waals surface area contributed by atoms with Crippen molar-refractivity contribution in [1.29, 1.82) is 0 Å². The molecule has 0 atom stereocenters. The van der Waals surface area contributed by atoms with Crippen LogP contribution in [0.25, 0.3) is 10.8 Å². The molecule has 0 saturated heterocycles. The molecular formula is C19H16F2N4O2S. The maximum atomic E-state index is 13.3. The van der Waals surface area contributed by atoms with Crippen LogP contribution in [0, 0.1) is 6.92 Å². The summed E-state index contributed by atoms with van der Waals surface area (Å²) in [6.07, 6.45) is 4.65. The number of nitrogens with zero attached hydrogens (tertiary/aromatic N) is 4.